The maximum absolute atomic E-state index is 12.8. The predicted molar refractivity (Wildman–Crippen MR) is 133 cm³/mol. The molecule has 4 rings (SSSR count). The van der Waals surface area contributed by atoms with Crippen molar-refractivity contribution in [3.8, 4) is 0 Å². The van der Waals surface area contributed by atoms with Crippen molar-refractivity contribution >= 4 is 5.78 Å². The largest absolute Gasteiger partial charge is 0.392 e. The van der Waals surface area contributed by atoms with Crippen LogP contribution in [0, 0.1) is 39.4 Å². The van der Waals surface area contributed by atoms with E-state index in [1.807, 2.05) is 6.92 Å². The molecule has 2 heteroatoms. The molecule has 3 unspecified atom stereocenters. The van der Waals surface area contributed by atoms with E-state index in [4.69, 9.17) is 0 Å². The van der Waals surface area contributed by atoms with Gasteiger partial charge in [-0.2, -0.15) is 0 Å². The molecule has 0 aliphatic heterocycles. The van der Waals surface area contributed by atoms with Gasteiger partial charge in [-0.3, -0.25) is 4.79 Å². The van der Waals surface area contributed by atoms with Crippen LogP contribution in [0.1, 0.15) is 99.8 Å². The van der Waals surface area contributed by atoms with Crippen LogP contribution in [0.5, 0.6) is 0 Å². The van der Waals surface area contributed by atoms with Crippen molar-refractivity contribution in [2.75, 3.05) is 6.61 Å². The summed E-state index contributed by atoms with van der Waals surface area (Å²) in [4.78, 5) is 12.8. The fourth-order valence-corrected chi connectivity index (χ4v) is 8.62. The van der Waals surface area contributed by atoms with E-state index in [-0.39, 0.29) is 22.9 Å². The molecule has 0 bridgehead atoms. The summed E-state index contributed by atoms with van der Waals surface area (Å²) in [7, 11) is 0. The van der Waals surface area contributed by atoms with Crippen LogP contribution in [0.3, 0.4) is 0 Å². The molecule has 0 saturated heterocycles. The lowest BCUT2D eigenvalue weighted by molar-refractivity contribution is -0.138. The minimum atomic E-state index is -0.218. The number of Topliss-reactive ketones (excluding diaryl/α,β-unsaturated/α-hetero) is 1. The van der Waals surface area contributed by atoms with E-state index in [0.29, 0.717) is 23.0 Å². The second kappa shape index (κ2) is 7.97. The van der Waals surface area contributed by atoms with Crippen molar-refractivity contribution in [1.82, 2.24) is 0 Å². The Balaban J connectivity index is 1.63. The van der Waals surface area contributed by atoms with Gasteiger partial charge in [0, 0.05) is 11.8 Å². The van der Waals surface area contributed by atoms with Gasteiger partial charge in [-0.1, -0.05) is 65.3 Å². The molecule has 178 valence electrons. The van der Waals surface area contributed by atoms with Crippen LogP contribution in [0.4, 0.5) is 0 Å². The number of hydrogen-bond acceptors (Lipinski definition) is 2. The highest BCUT2D eigenvalue weighted by Gasteiger charge is 2.63. The van der Waals surface area contributed by atoms with Gasteiger partial charge in [0.15, 0.2) is 0 Å². The number of hydrogen-bond donors (Lipinski definition) is 1. The maximum Gasteiger partial charge on any atom is 0.138 e. The van der Waals surface area contributed by atoms with E-state index in [2.05, 4.69) is 59.8 Å². The number of carbonyl (C=O) groups is 1. The maximum atomic E-state index is 12.8. The quantitative estimate of drug-likeness (QED) is 0.453. The predicted octanol–water partition coefficient (Wildman–Crippen LogP) is 7.44. The van der Waals surface area contributed by atoms with Crippen LogP contribution in [0.15, 0.2) is 34.9 Å². The van der Waals surface area contributed by atoms with Gasteiger partial charge < -0.3 is 5.11 Å². The SMILES string of the molecule is CC(=CCCC(C)C1CC[C@@]2(C)C3=CCC4C(C)(C)C(=O)CC[C@]4(C)C3=CC[C@]12C)CO. The standard InChI is InChI=1S/C30H46O2/c1-20(19-31)9-8-10-21(2)22-13-17-30(7)24-11-12-25-27(3,4)26(32)15-16-28(25,5)23(24)14-18-29(22,30)6/h9,11,14,21-22,25,31H,8,10,12-13,15-19H2,1-7H3/t21?,22?,25?,28-,29-,30+/m1/s1. The molecule has 32 heavy (non-hydrogen) atoms. The van der Waals surface area contributed by atoms with Gasteiger partial charge in [-0.15, -0.1) is 0 Å². The van der Waals surface area contributed by atoms with Crippen molar-refractivity contribution in [2.45, 2.75) is 99.8 Å². The smallest absolute Gasteiger partial charge is 0.138 e. The highest BCUT2D eigenvalue weighted by Crippen LogP contribution is 2.71. The van der Waals surface area contributed by atoms with Crippen LogP contribution < -0.4 is 0 Å². The molecule has 1 N–H and O–H groups in total. The third-order valence-electron chi connectivity index (χ3n) is 11.1. The van der Waals surface area contributed by atoms with E-state index in [9.17, 15) is 9.90 Å². The highest BCUT2D eigenvalue weighted by atomic mass is 16.3. The number of aliphatic hydroxyl groups excluding tert-OH is 1. The van der Waals surface area contributed by atoms with Gasteiger partial charge in [0.05, 0.1) is 6.61 Å². The molecule has 2 saturated carbocycles. The van der Waals surface area contributed by atoms with Crippen LogP contribution in [0.2, 0.25) is 0 Å². The Labute approximate surface area is 196 Å². The molecule has 0 amide bonds. The molecule has 2 nitrogen and oxygen atoms in total. The Bertz CT molecular complexity index is 873. The molecule has 0 heterocycles. The van der Waals surface area contributed by atoms with Gasteiger partial charge >= 0.3 is 0 Å². The van der Waals surface area contributed by atoms with E-state index < -0.39 is 0 Å². The van der Waals surface area contributed by atoms with Crippen molar-refractivity contribution in [2.24, 2.45) is 39.4 Å². The Morgan fingerprint density at radius 3 is 2.56 bits per heavy atom. The van der Waals surface area contributed by atoms with E-state index >= 15 is 0 Å². The summed E-state index contributed by atoms with van der Waals surface area (Å²) in [5, 5.41) is 9.30. The molecule has 0 spiro atoms. The molecule has 0 aromatic heterocycles. The van der Waals surface area contributed by atoms with Crippen LogP contribution >= 0.6 is 0 Å². The molecule has 0 radical (unpaired) electrons. The van der Waals surface area contributed by atoms with Gasteiger partial charge in [0.2, 0.25) is 0 Å². The first-order valence-electron chi connectivity index (χ1n) is 13.1. The first-order chi connectivity index (χ1) is 14.9. The summed E-state index contributed by atoms with van der Waals surface area (Å²) in [6.07, 6.45) is 16.3. The molecular formula is C30H46O2. The molecular weight excluding hydrogens is 392 g/mol. The first-order valence-corrected chi connectivity index (χ1v) is 13.1. The summed E-state index contributed by atoms with van der Waals surface area (Å²) >= 11 is 0. The zero-order valence-corrected chi connectivity index (χ0v) is 21.7. The average Bonchev–Trinajstić information content (AvgIpc) is 3.02. The van der Waals surface area contributed by atoms with Gasteiger partial charge in [-0.25, -0.2) is 0 Å². The molecule has 0 aromatic carbocycles. The summed E-state index contributed by atoms with van der Waals surface area (Å²) in [6.45, 7) is 16.7. The summed E-state index contributed by atoms with van der Waals surface area (Å²) in [5.41, 5.74) is 4.80. The molecule has 0 aromatic rings. The number of allylic oxidation sites excluding steroid dienone is 5. The Hall–Kier alpha value is -1.15. The Morgan fingerprint density at radius 1 is 1.16 bits per heavy atom. The average molecular weight is 439 g/mol. The summed E-state index contributed by atoms with van der Waals surface area (Å²) < 4.78 is 0. The fourth-order valence-electron chi connectivity index (χ4n) is 8.62. The third-order valence-corrected chi connectivity index (χ3v) is 11.1. The lowest BCUT2D eigenvalue weighted by atomic mass is 9.44. The lowest BCUT2D eigenvalue weighted by Crippen LogP contribution is -2.53. The van der Waals surface area contributed by atoms with E-state index in [1.165, 1.54) is 25.7 Å². The van der Waals surface area contributed by atoms with Crippen LogP contribution in [-0.2, 0) is 4.79 Å². The monoisotopic (exact) mass is 438 g/mol. The van der Waals surface area contributed by atoms with Gasteiger partial charge in [0.1, 0.15) is 5.78 Å². The Kier molecular flexibility index (Phi) is 5.97. The number of rotatable bonds is 5. The zero-order chi connectivity index (χ0) is 23.5. The number of aliphatic hydroxyl groups is 1. The summed E-state index contributed by atoms with van der Waals surface area (Å²) in [6, 6.07) is 0. The fraction of sp³-hybridized carbons (Fsp3) is 0.767. The topological polar surface area (TPSA) is 37.3 Å². The van der Waals surface area contributed by atoms with Crippen LogP contribution in [-0.4, -0.2) is 17.5 Å². The molecule has 6 atom stereocenters. The Morgan fingerprint density at radius 2 is 1.88 bits per heavy atom. The van der Waals surface area contributed by atoms with E-state index in [1.54, 1.807) is 11.1 Å². The van der Waals surface area contributed by atoms with Crippen molar-refractivity contribution in [3.63, 3.8) is 0 Å². The second-order valence-electron chi connectivity index (χ2n) is 12.9. The minimum Gasteiger partial charge on any atom is -0.392 e. The first kappa shape index (κ1) is 24.0. The minimum absolute atomic E-state index is 0.141. The van der Waals surface area contributed by atoms with Gasteiger partial charge in [-0.05, 0) is 97.0 Å². The van der Waals surface area contributed by atoms with E-state index in [0.717, 1.165) is 37.2 Å². The third kappa shape index (κ3) is 3.26. The number of ketones is 1. The highest BCUT2D eigenvalue weighted by molar-refractivity contribution is 5.86. The number of carbonyl (C=O) groups excluding carboxylic acids is 1. The summed E-state index contributed by atoms with van der Waals surface area (Å²) in [5.74, 6) is 2.32. The van der Waals surface area contributed by atoms with Gasteiger partial charge in [0.25, 0.3) is 0 Å². The van der Waals surface area contributed by atoms with Crippen molar-refractivity contribution < 1.29 is 9.90 Å². The molecule has 4 aliphatic rings. The normalized spacial score (nSPS) is 41.9. The zero-order valence-electron chi connectivity index (χ0n) is 21.7. The molecule has 4 aliphatic carbocycles. The second-order valence-corrected chi connectivity index (χ2v) is 12.9. The van der Waals surface area contributed by atoms with Crippen molar-refractivity contribution in [3.05, 3.63) is 34.9 Å². The molecule has 2 fully saturated rings. The van der Waals surface area contributed by atoms with Crippen LogP contribution in [0.25, 0.3) is 0 Å². The van der Waals surface area contributed by atoms with Crippen molar-refractivity contribution in [1.29, 1.82) is 0 Å². The lowest BCUT2D eigenvalue weighted by Gasteiger charge is -2.59. The number of fused-ring (bicyclic) bond motifs is 5.